The van der Waals surface area contributed by atoms with Gasteiger partial charge in [0.15, 0.2) is 0 Å². The van der Waals surface area contributed by atoms with Crippen molar-refractivity contribution in [3.05, 3.63) is 131 Å². The van der Waals surface area contributed by atoms with Crippen molar-refractivity contribution in [3.63, 3.8) is 0 Å². The van der Waals surface area contributed by atoms with Crippen LogP contribution in [0, 0.1) is 0 Å². The number of carbonyl (C=O) groups is 1. The highest BCUT2D eigenvalue weighted by Gasteiger charge is 2.39. The molecule has 6 saturated heterocycles. The second-order valence-corrected chi connectivity index (χ2v) is 34.8. The van der Waals surface area contributed by atoms with Crippen LogP contribution in [0.25, 0.3) is 44.3 Å². The molecule has 12 heterocycles. The Kier molecular flexibility index (Phi) is 25.6. The number of carboxylic acids is 1. The number of carboxylic acid groups (broad SMARTS) is 1. The van der Waals surface area contributed by atoms with E-state index in [1.54, 1.807) is 51.4 Å². The van der Waals surface area contributed by atoms with Crippen LogP contribution in [0.15, 0.2) is 119 Å². The molecule has 0 spiro atoms. The SMILES string of the molecule is CCn1cc(-c2cc(Nc3ncc(Br)c(Nc4ccc5nccnc5c4CP(C)OP(C)Cc4c(Nc5nc(Nc6cc(-c7cnn(CC)c7)c(N7CCN(C8CCN(C9CNC9)CC8)CC7)cc6OC)ncc5Br)ccc5nccnc45)n3)c(OC)cc2N2CCN(C3CCN(C4CNC4)CC3)CC2)cn1.O=C(O)C(F)(F)F. The first kappa shape index (κ1) is 80.5. The summed E-state index contributed by atoms with van der Waals surface area (Å²) in [5, 5.41) is 38.0. The van der Waals surface area contributed by atoms with Crippen LogP contribution in [-0.2, 0) is 34.5 Å². The van der Waals surface area contributed by atoms with Gasteiger partial charge in [0.25, 0.3) is 0 Å². The van der Waals surface area contributed by atoms with E-state index in [2.05, 4.69) is 157 Å². The largest absolute Gasteiger partial charge is 0.494 e. The molecule has 29 nitrogen and oxygen atoms in total. The van der Waals surface area contributed by atoms with E-state index >= 15 is 0 Å². The number of aromatic nitrogens is 12. The van der Waals surface area contributed by atoms with Gasteiger partial charge in [0.05, 0.1) is 69.0 Å². The number of alkyl halides is 3. The number of rotatable bonds is 26. The summed E-state index contributed by atoms with van der Waals surface area (Å²) in [5.74, 6) is 0.511. The van der Waals surface area contributed by atoms with Crippen molar-refractivity contribution in [2.75, 3.05) is 163 Å². The summed E-state index contributed by atoms with van der Waals surface area (Å²) in [7, 11) is 1.24. The average molecular weight is 1730 g/mol. The number of nitrogens with zero attached hydrogens (tertiary/aromatic N) is 18. The van der Waals surface area contributed by atoms with Crippen LogP contribution < -0.4 is 51.2 Å². The summed E-state index contributed by atoms with van der Waals surface area (Å²) >= 11 is 7.60. The molecular weight excluding hydrogens is 1630 g/mol. The molecule has 602 valence electrons. The molecule has 7 N–H and O–H groups in total. The highest BCUT2D eigenvalue weighted by Crippen LogP contribution is 2.55. The van der Waals surface area contributed by atoms with Crippen LogP contribution in [0.4, 0.5) is 70.8 Å². The molecule has 4 aromatic carbocycles. The van der Waals surface area contributed by atoms with E-state index in [-0.39, 0.29) is 0 Å². The van der Waals surface area contributed by atoms with Crippen molar-refractivity contribution in [3.8, 4) is 33.8 Å². The molecule has 0 radical (unpaired) electrons. The third-order valence-corrected chi connectivity index (χ3v) is 27.2. The van der Waals surface area contributed by atoms with E-state index in [1.165, 1.54) is 51.9 Å². The third-order valence-electron chi connectivity index (χ3n) is 22.3. The van der Waals surface area contributed by atoms with Gasteiger partial charge < -0.3 is 60.6 Å². The van der Waals surface area contributed by atoms with Crippen LogP contribution in [0.1, 0.15) is 50.7 Å². The predicted octanol–water partition coefficient (Wildman–Crippen LogP) is 13.0. The number of fused-ring (bicyclic) bond motifs is 2. The molecule has 16 rings (SSSR count). The number of aliphatic carboxylic acids is 1. The summed E-state index contributed by atoms with van der Waals surface area (Å²) in [4.78, 5) is 63.9. The Morgan fingerprint density at radius 2 is 0.912 bits per heavy atom. The number of ether oxygens (including phenoxy) is 2. The number of hydrogen-bond donors (Lipinski definition) is 7. The molecule has 36 heteroatoms. The molecule has 2 unspecified atom stereocenters. The fourth-order valence-corrected chi connectivity index (χ4v) is 20.4. The van der Waals surface area contributed by atoms with E-state index in [4.69, 9.17) is 73.8 Å². The number of piperazine rings is 2. The fraction of sp³-hybridized carbons (Fsp3) is 0.449. The topological polar surface area (TPSA) is 295 Å². The lowest BCUT2D eigenvalue weighted by Crippen LogP contribution is -2.60. The zero-order valence-electron chi connectivity index (χ0n) is 64.6. The van der Waals surface area contributed by atoms with Crippen molar-refractivity contribution in [2.24, 2.45) is 0 Å². The van der Waals surface area contributed by atoms with E-state index in [1.807, 2.05) is 46.0 Å². The molecule has 0 bridgehead atoms. The number of benzene rings is 4. The molecule has 0 aliphatic carbocycles. The first-order valence-electron chi connectivity index (χ1n) is 38.7. The maximum absolute atomic E-state index is 10.6. The Hall–Kier alpha value is -8.66. The number of methoxy groups -OCH3 is 2. The quantitative estimate of drug-likeness (QED) is 0.0248. The van der Waals surface area contributed by atoms with Crippen LogP contribution in [0.5, 0.6) is 11.5 Å². The Morgan fingerprint density at radius 1 is 0.526 bits per heavy atom. The van der Waals surface area contributed by atoms with E-state index in [0.29, 0.717) is 80.5 Å². The van der Waals surface area contributed by atoms with Crippen molar-refractivity contribution in [1.29, 1.82) is 0 Å². The van der Waals surface area contributed by atoms with Crippen molar-refractivity contribution >= 4 is 134 Å². The maximum Gasteiger partial charge on any atom is 0.490 e. The highest BCUT2D eigenvalue weighted by atomic mass is 79.9. The molecule has 6 fully saturated rings. The lowest BCUT2D eigenvalue weighted by atomic mass is 9.98. The molecule has 10 aromatic rings. The minimum atomic E-state index is -5.08. The highest BCUT2D eigenvalue weighted by molar-refractivity contribution is 9.11. The first-order valence-corrected chi connectivity index (χ1v) is 44.1. The summed E-state index contributed by atoms with van der Waals surface area (Å²) in [6.45, 7) is 27.1. The maximum atomic E-state index is 10.6. The molecule has 0 saturated carbocycles. The van der Waals surface area contributed by atoms with Gasteiger partial charge in [-0.25, -0.2) is 14.8 Å². The molecule has 0 amide bonds. The zero-order valence-corrected chi connectivity index (χ0v) is 69.5. The number of nitrogens with one attached hydrogen (secondary N) is 6. The average Bonchev–Trinajstić information content (AvgIpc) is 1.29. The van der Waals surface area contributed by atoms with Gasteiger partial charge in [-0.3, -0.25) is 48.9 Å². The lowest BCUT2D eigenvalue weighted by Gasteiger charge is -2.46. The second-order valence-electron chi connectivity index (χ2n) is 29.3. The molecule has 114 heavy (non-hydrogen) atoms. The minimum absolute atomic E-state index is 0.386. The summed E-state index contributed by atoms with van der Waals surface area (Å²) in [5.41, 5.74) is 14.6. The molecule has 2 atom stereocenters. The monoisotopic (exact) mass is 1720 g/mol. The summed E-state index contributed by atoms with van der Waals surface area (Å²) in [6.07, 6.45) is 19.6. The Balaban J connectivity index is 0.00000140. The summed E-state index contributed by atoms with van der Waals surface area (Å²) < 4.78 is 56.6. The normalized spacial score (nSPS) is 17.9. The van der Waals surface area contributed by atoms with Gasteiger partial charge >= 0.3 is 12.1 Å². The van der Waals surface area contributed by atoms with Crippen molar-refractivity contribution < 1.29 is 36.9 Å². The van der Waals surface area contributed by atoms with E-state index in [9.17, 15) is 13.2 Å². The van der Waals surface area contributed by atoms with Crippen molar-refractivity contribution in [1.82, 2.24) is 89.7 Å². The van der Waals surface area contributed by atoms with Gasteiger partial charge in [0.2, 0.25) is 11.9 Å². The van der Waals surface area contributed by atoms with Gasteiger partial charge in [-0.05, 0) is 121 Å². The molecule has 6 aliphatic rings. The van der Waals surface area contributed by atoms with Crippen LogP contribution in [0.2, 0.25) is 0 Å². The minimum Gasteiger partial charge on any atom is -0.494 e. The van der Waals surface area contributed by atoms with Gasteiger partial charge in [-0.1, -0.05) is 0 Å². The lowest BCUT2D eigenvalue weighted by molar-refractivity contribution is -0.192. The van der Waals surface area contributed by atoms with Crippen LogP contribution in [-0.4, -0.2) is 253 Å². The molecule has 6 aliphatic heterocycles. The van der Waals surface area contributed by atoms with Gasteiger partial charge in [-0.15, -0.1) is 0 Å². The van der Waals surface area contributed by atoms with Crippen LogP contribution in [0.3, 0.4) is 0 Å². The Bertz CT molecular complexity index is 4720. The number of likely N-dealkylation sites (tertiary alicyclic amines) is 2. The standard InChI is InChI=1S/C76H94Br2N24O3P2.C2HF3O2/c1-7-101-45-49(37-87-101)55-33-65(69(103-3)35-67(55)99-29-25-97(26-30-99)51-13-21-95(22-14-51)53-39-79-40-53)91-75-85-43-59(77)73(93-75)89-61-9-11-63-71(83-19-17-81-63)57(61)47-106(5)105-107(6)48-58-62(10-12-64-72(58)84-20-18-82-64)90-74-60(78)44-86-76(94-74)92-66-34-56(50-38-88-102(8-2)46-50)68(36-70(66)104-4)100-31-27-98(28-32-100)52-15-23-96(24-16-52)54-41-80-42-54;3-2(4,5)1(6)7/h9-12,17-20,33-38,43-46,51-54,79-80H,7-8,13-16,21-32,39-42,47-48H2,1-6H3,(H2,85,89,91,93)(H2,86,90,92,94);(H,6,7). The van der Waals surface area contributed by atoms with E-state index in [0.717, 1.165) is 181 Å². The second kappa shape index (κ2) is 36.2. The number of hydrogen-bond acceptors (Lipinski definition) is 26. The zero-order chi connectivity index (χ0) is 79.2. The molecular formula is C78H95Br2F3N24O5P2. The fourth-order valence-electron chi connectivity index (χ4n) is 16.0. The smallest absolute Gasteiger partial charge is 0.490 e. The number of halogens is 5. The summed E-state index contributed by atoms with van der Waals surface area (Å²) in [6, 6.07) is 19.4. The van der Waals surface area contributed by atoms with Gasteiger partial charge in [0, 0.05) is 288 Å². The van der Waals surface area contributed by atoms with Gasteiger partial charge in [0.1, 0.15) is 23.1 Å². The third kappa shape index (κ3) is 18.6. The van der Waals surface area contributed by atoms with Gasteiger partial charge in [-0.2, -0.15) is 33.3 Å². The Morgan fingerprint density at radius 3 is 1.26 bits per heavy atom. The molecule has 6 aromatic heterocycles. The van der Waals surface area contributed by atoms with Crippen LogP contribution >= 0.6 is 48.2 Å². The Labute approximate surface area is 679 Å². The predicted molar refractivity (Wildman–Crippen MR) is 449 cm³/mol. The number of piperidine rings is 2. The number of aryl methyl sites for hydroxylation is 2. The van der Waals surface area contributed by atoms with E-state index < -0.39 is 28.4 Å². The van der Waals surface area contributed by atoms with Crippen molar-refractivity contribution in [2.45, 2.75) is 95.3 Å². The number of anilines is 10. The first-order chi connectivity index (χ1) is 55.3.